The van der Waals surface area contributed by atoms with Gasteiger partial charge in [0.25, 0.3) is 0 Å². The summed E-state index contributed by atoms with van der Waals surface area (Å²) in [5, 5.41) is 1.34. The molecule has 0 saturated heterocycles. The molecule has 0 aromatic heterocycles. The van der Waals surface area contributed by atoms with Gasteiger partial charge in [0.05, 0.1) is 5.84 Å². The third kappa shape index (κ3) is 4.03. The summed E-state index contributed by atoms with van der Waals surface area (Å²) >= 11 is 11.9. The van der Waals surface area contributed by atoms with Crippen LogP contribution in [0.15, 0.2) is 23.2 Å². The summed E-state index contributed by atoms with van der Waals surface area (Å²) in [6, 6.07) is 5.50. The van der Waals surface area contributed by atoms with Gasteiger partial charge in [-0.2, -0.15) is 0 Å². The topological polar surface area (TPSA) is 38.4 Å². The van der Waals surface area contributed by atoms with Crippen molar-refractivity contribution in [1.82, 2.24) is 0 Å². The lowest BCUT2D eigenvalue weighted by atomic mass is 10.1. The zero-order chi connectivity index (χ0) is 12.1. The first kappa shape index (κ1) is 13.3. The highest BCUT2D eigenvalue weighted by atomic mass is 35.5. The van der Waals surface area contributed by atoms with Crippen molar-refractivity contribution in [1.29, 1.82) is 0 Å². The highest BCUT2D eigenvalue weighted by Crippen LogP contribution is 2.21. The fourth-order valence-corrected chi connectivity index (χ4v) is 1.72. The summed E-state index contributed by atoms with van der Waals surface area (Å²) in [5.41, 5.74) is 6.79. The van der Waals surface area contributed by atoms with Gasteiger partial charge in [-0.05, 0) is 24.1 Å². The van der Waals surface area contributed by atoms with Crippen LogP contribution in [0.25, 0.3) is 0 Å². The Balaban J connectivity index is 2.59. The van der Waals surface area contributed by atoms with Gasteiger partial charge in [-0.15, -0.1) is 0 Å². The zero-order valence-electron chi connectivity index (χ0n) is 9.50. The highest BCUT2D eigenvalue weighted by molar-refractivity contribution is 6.35. The minimum absolute atomic E-state index is 0.292. The lowest BCUT2D eigenvalue weighted by molar-refractivity contribution is 0.848. The molecular weight excluding hydrogens is 243 g/mol. The summed E-state index contributed by atoms with van der Waals surface area (Å²) < 4.78 is 0. The number of hydrogen-bond acceptors (Lipinski definition) is 1. The SMILES string of the molecule is CC(C)C(N)=NCCc1ccc(Cl)cc1Cl. The molecule has 0 fully saturated rings. The van der Waals surface area contributed by atoms with Crippen LogP contribution in [-0.2, 0) is 6.42 Å². The Bertz CT molecular complexity index is 387. The van der Waals surface area contributed by atoms with Gasteiger partial charge in [0.2, 0.25) is 0 Å². The summed E-state index contributed by atoms with van der Waals surface area (Å²) in [7, 11) is 0. The van der Waals surface area contributed by atoms with Crippen LogP contribution in [0.2, 0.25) is 10.0 Å². The molecule has 2 N–H and O–H groups in total. The molecule has 4 heteroatoms. The standard InChI is InChI=1S/C12H16Cl2N2/c1-8(2)12(15)16-6-5-9-3-4-10(13)7-11(9)14/h3-4,7-8H,5-6H2,1-2H3,(H2,15,16). The van der Waals surface area contributed by atoms with Gasteiger partial charge in [0, 0.05) is 22.5 Å². The fraction of sp³-hybridized carbons (Fsp3) is 0.417. The Labute approximate surface area is 106 Å². The molecule has 1 aromatic rings. The molecule has 0 amide bonds. The number of halogens is 2. The van der Waals surface area contributed by atoms with Gasteiger partial charge in [0.15, 0.2) is 0 Å². The van der Waals surface area contributed by atoms with Crippen LogP contribution < -0.4 is 5.73 Å². The van der Waals surface area contributed by atoms with E-state index in [9.17, 15) is 0 Å². The molecule has 0 bridgehead atoms. The fourth-order valence-electron chi connectivity index (χ4n) is 1.21. The lowest BCUT2D eigenvalue weighted by Gasteiger charge is -2.05. The predicted octanol–water partition coefficient (Wildman–Crippen LogP) is 3.55. The maximum atomic E-state index is 6.04. The maximum absolute atomic E-state index is 6.04. The Kier molecular flexibility index (Phi) is 5.10. The Hall–Kier alpha value is -0.730. The van der Waals surface area contributed by atoms with Crippen LogP contribution in [0, 0.1) is 5.92 Å². The second-order valence-electron chi connectivity index (χ2n) is 3.95. The first-order chi connectivity index (χ1) is 7.50. The molecule has 0 saturated carbocycles. The van der Waals surface area contributed by atoms with E-state index in [1.54, 1.807) is 6.07 Å². The van der Waals surface area contributed by atoms with E-state index in [4.69, 9.17) is 28.9 Å². The zero-order valence-corrected chi connectivity index (χ0v) is 11.0. The van der Waals surface area contributed by atoms with Crippen molar-refractivity contribution in [2.75, 3.05) is 6.54 Å². The van der Waals surface area contributed by atoms with Crippen molar-refractivity contribution >= 4 is 29.0 Å². The normalized spacial score (nSPS) is 12.2. The van der Waals surface area contributed by atoms with Crippen molar-refractivity contribution in [3.63, 3.8) is 0 Å². The molecule has 0 aliphatic rings. The quantitative estimate of drug-likeness (QED) is 0.651. The molecule has 0 unspecified atom stereocenters. The molecule has 0 heterocycles. The molecule has 88 valence electrons. The Morgan fingerprint density at radius 2 is 2.06 bits per heavy atom. The molecule has 16 heavy (non-hydrogen) atoms. The van der Waals surface area contributed by atoms with Gasteiger partial charge in [0.1, 0.15) is 0 Å². The van der Waals surface area contributed by atoms with E-state index in [1.165, 1.54) is 0 Å². The maximum Gasteiger partial charge on any atom is 0.0962 e. The first-order valence-corrected chi connectivity index (χ1v) is 6.00. The summed E-state index contributed by atoms with van der Waals surface area (Å²) in [5.74, 6) is 0.978. The molecule has 0 atom stereocenters. The largest absolute Gasteiger partial charge is 0.387 e. The number of benzene rings is 1. The Morgan fingerprint density at radius 1 is 1.38 bits per heavy atom. The van der Waals surface area contributed by atoms with Crippen LogP contribution in [0.4, 0.5) is 0 Å². The smallest absolute Gasteiger partial charge is 0.0962 e. The molecule has 0 aliphatic heterocycles. The second kappa shape index (κ2) is 6.12. The van der Waals surface area contributed by atoms with Gasteiger partial charge >= 0.3 is 0 Å². The molecule has 1 rings (SSSR count). The van der Waals surface area contributed by atoms with Crippen molar-refractivity contribution in [3.8, 4) is 0 Å². The minimum Gasteiger partial charge on any atom is -0.387 e. The molecule has 2 nitrogen and oxygen atoms in total. The molecule has 1 aromatic carbocycles. The summed E-state index contributed by atoms with van der Waals surface area (Å²) in [4.78, 5) is 4.29. The van der Waals surface area contributed by atoms with Crippen LogP contribution in [0.1, 0.15) is 19.4 Å². The third-order valence-electron chi connectivity index (χ3n) is 2.28. The Morgan fingerprint density at radius 3 is 2.62 bits per heavy atom. The van der Waals surface area contributed by atoms with Gasteiger partial charge < -0.3 is 5.73 Å². The van der Waals surface area contributed by atoms with Crippen LogP contribution in [-0.4, -0.2) is 12.4 Å². The monoisotopic (exact) mass is 258 g/mol. The number of hydrogen-bond donors (Lipinski definition) is 1. The van der Waals surface area contributed by atoms with E-state index in [1.807, 2.05) is 26.0 Å². The number of nitrogens with zero attached hydrogens (tertiary/aromatic N) is 1. The van der Waals surface area contributed by atoms with E-state index in [0.29, 0.717) is 28.3 Å². The molecule has 0 spiro atoms. The van der Waals surface area contributed by atoms with E-state index in [-0.39, 0.29) is 0 Å². The average molecular weight is 259 g/mol. The van der Waals surface area contributed by atoms with E-state index in [2.05, 4.69) is 4.99 Å². The van der Waals surface area contributed by atoms with Crippen molar-refractivity contribution in [3.05, 3.63) is 33.8 Å². The minimum atomic E-state index is 0.292. The molecule has 0 radical (unpaired) electrons. The number of aliphatic imine (C=N–C) groups is 1. The molecule has 0 aliphatic carbocycles. The number of rotatable bonds is 4. The number of amidine groups is 1. The van der Waals surface area contributed by atoms with Gasteiger partial charge in [-0.25, -0.2) is 0 Å². The van der Waals surface area contributed by atoms with Crippen LogP contribution >= 0.6 is 23.2 Å². The van der Waals surface area contributed by atoms with Crippen LogP contribution in [0.5, 0.6) is 0 Å². The average Bonchev–Trinajstić information content (AvgIpc) is 2.20. The second-order valence-corrected chi connectivity index (χ2v) is 4.79. The third-order valence-corrected chi connectivity index (χ3v) is 2.87. The highest BCUT2D eigenvalue weighted by Gasteiger charge is 2.02. The lowest BCUT2D eigenvalue weighted by Crippen LogP contribution is -2.19. The predicted molar refractivity (Wildman–Crippen MR) is 71.5 cm³/mol. The van der Waals surface area contributed by atoms with Crippen molar-refractivity contribution in [2.24, 2.45) is 16.6 Å². The summed E-state index contributed by atoms with van der Waals surface area (Å²) in [6.07, 6.45) is 0.781. The van der Waals surface area contributed by atoms with Gasteiger partial charge in [-0.1, -0.05) is 43.1 Å². The van der Waals surface area contributed by atoms with Crippen molar-refractivity contribution in [2.45, 2.75) is 20.3 Å². The van der Waals surface area contributed by atoms with Crippen molar-refractivity contribution < 1.29 is 0 Å². The first-order valence-electron chi connectivity index (χ1n) is 5.24. The van der Waals surface area contributed by atoms with E-state index in [0.717, 1.165) is 12.0 Å². The van der Waals surface area contributed by atoms with Crippen LogP contribution in [0.3, 0.4) is 0 Å². The van der Waals surface area contributed by atoms with E-state index >= 15 is 0 Å². The molecular formula is C12H16Cl2N2. The number of nitrogens with two attached hydrogens (primary N) is 1. The van der Waals surface area contributed by atoms with Gasteiger partial charge in [-0.3, -0.25) is 4.99 Å². The summed E-state index contributed by atoms with van der Waals surface area (Å²) in [6.45, 7) is 4.70. The van der Waals surface area contributed by atoms with E-state index < -0.39 is 0 Å².